The molecule has 0 aliphatic carbocycles. The molecule has 0 aliphatic rings. The van der Waals surface area contributed by atoms with E-state index in [0.29, 0.717) is 6.61 Å². The maximum Gasteiger partial charge on any atom is 0.353 e. The van der Waals surface area contributed by atoms with E-state index in [1.54, 1.807) is 0 Å². The van der Waals surface area contributed by atoms with Crippen molar-refractivity contribution in [2.24, 2.45) is 5.73 Å². The number of hydrogen-bond acceptors (Lipinski definition) is 3. The zero-order valence-corrected chi connectivity index (χ0v) is 6.22. The smallest absolute Gasteiger partial charge is 0.353 e. The van der Waals surface area contributed by atoms with Gasteiger partial charge in [-0.25, -0.2) is 4.79 Å². The van der Waals surface area contributed by atoms with E-state index in [0.717, 1.165) is 12.8 Å². The van der Waals surface area contributed by atoms with Gasteiger partial charge in [0.15, 0.2) is 0 Å². The van der Waals surface area contributed by atoms with Gasteiger partial charge in [-0.1, -0.05) is 19.9 Å². The summed E-state index contributed by atoms with van der Waals surface area (Å²) in [5, 5.41) is 0. The lowest BCUT2D eigenvalue weighted by Gasteiger charge is -2.00. The fraction of sp³-hybridized carbons (Fsp3) is 0.571. The fourth-order valence-electron chi connectivity index (χ4n) is 0.402. The minimum Gasteiger partial charge on any atom is -0.461 e. The van der Waals surface area contributed by atoms with Crippen LogP contribution in [0.1, 0.15) is 19.8 Å². The molecule has 2 N–H and O–H groups in total. The molecule has 0 saturated heterocycles. The lowest BCUT2D eigenvalue weighted by atomic mass is 10.4. The third-order valence-electron chi connectivity index (χ3n) is 0.993. The minimum absolute atomic E-state index is 0.0314. The van der Waals surface area contributed by atoms with Crippen molar-refractivity contribution < 1.29 is 9.53 Å². The molecule has 0 aromatic heterocycles. The van der Waals surface area contributed by atoms with E-state index in [9.17, 15) is 4.79 Å². The van der Waals surface area contributed by atoms with Crippen molar-refractivity contribution in [3.8, 4) is 0 Å². The molecule has 58 valence electrons. The number of rotatable bonds is 4. The van der Waals surface area contributed by atoms with Gasteiger partial charge in [-0.05, 0) is 6.42 Å². The van der Waals surface area contributed by atoms with Gasteiger partial charge in [0.1, 0.15) is 5.70 Å². The van der Waals surface area contributed by atoms with Crippen molar-refractivity contribution in [2.75, 3.05) is 6.61 Å². The van der Waals surface area contributed by atoms with Gasteiger partial charge < -0.3 is 10.5 Å². The number of nitrogens with two attached hydrogens (primary N) is 1. The molecule has 0 unspecified atom stereocenters. The zero-order chi connectivity index (χ0) is 7.98. The van der Waals surface area contributed by atoms with Crippen LogP contribution in [0.5, 0.6) is 0 Å². The van der Waals surface area contributed by atoms with Gasteiger partial charge in [0, 0.05) is 0 Å². The van der Waals surface area contributed by atoms with E-state index < -0.39 is 5.97 Å². The van der Waals surface area contributed by atoms with E-state index >= 15 is 0 Å². The highest BCUT2D eigenvalue weighted by atomic mass is 16.5. The molecule has 0 heterocycles. The van der Waals surface area contributed by atoms with Crippen molar-refractivity contribution in [3.63, 3.8) is 0 Å². The topological polar surface area (TPSA) is 52.3 Å². The third-order valence-corrected chi connectivity index (χ3v) is 0.993. The van der Waals surface area contributed by atoms with Crippen molar-refractivity contribution in [2.45, 2.75) is 19.8 Å². The second-order valence-corrected chi connectivity index (χ2v) is 2.01. The van der Waals surface area contributed by atoms with Crippen LogP contribution >= 0.6 is 0 Å². The summed E-state index contributed by atoms with van der Waals surface area (Å²) in [5.41, 5.74) is 5.02. The first-order valence-corrected chi connectivity index (χ1v) is 3.30. The fourth-order valence-corrected chi connectivity index (χ4v) is 0.402. The van der Waals surface area contributed by atoms with E-state index in [1.807, 2.05) is 6.92 Å². The number of carbonyl (C=O) groups excluding carboxylic acids is 1. The number of hydrogen-bond donors (Lipinski definition) is 1. The molecular weight excluding hydrogens is 130 g/mol. The highest BCUT2D eigenvalue weighted by molar-refractivity contribution is 5.86. The number of esters is 1. The Morgan fingerprint density at radius 3 is 2.70 bits per heavy atom. The molecule has 10 heavy (non-hydrogen) atoms. The Morgan fingerprint density at radius 2 is 2.30 bits per heavy atom. The molecule has 0 fully saturated rings. The molecule has 0 bridgehead atoms. The van der Waals surface area contributed by atoms with E-state index in [-0.39, 0.29) is 5.70 Å². The predicted octanol–water partition coefficient (Wildman–Crippen LogP) is 0.802. The van der Waals surface area contributed by atoms with Gasteiger partial charge in [0.05, 0.1) is 6.61 Å². The predicted molar refractivity (Wildman–Crippen MR) is 39.2 cm³/mol. The largest absolute Gasteiger partial charge is 0.461 e. The maximum atomic E-state index is 10.6. The molecule has 0 atom stereocenters. The number of carbonyl (C=O) groups is 1. The Hall–Kier alpha value is -0.990. The summed E-state index contributed by atoms with van der Waals surface area (Å²) < 4.78 is 4.68. The molecule has 0 aromatic carbocycles. The zero-order valence-electron chi connectivity index (χ0n) is 6.22. The highest BCUT2D eigenvalue weighted by Crippen LogP contribution is 1.90. The Balaban J connectivity index is 3.31. The molecule has 0 radical (unpaired) electrons. The molecule has 3 nitrogen and oxygen atoms in total. The first kappa shape index (κ1) is 9.01. The van der Waals surface area contributed by atoms with Crippen LogP contribution in [0.4, 0.5) is 0 Å². The van der Waals surface area contributed by atoms with Gasteiger partial charge in [-0.15, -0.1) is 0 Å². The van der Waals surface area contributed by atoms with Gasteiger partial charge in [0.25, 0.3) is 0 Å². The summed E-state index contributed by atoms with van der Waals surface area (Å²) in [6.45, 7) is 5.69. The van der Waals surface area contributed by atoms with Crippen molar-refractivity contribution in [3.05, 3.63) is 12.3 Å². The third kappa shape index (κ3) is 3.95. The second kappa shape index (κ2) is 4.85. The first-order chi connectivity index (χ1) is 4.68. The van der Waals surface area contributed by atoms with Crippen LogP contribution in [0.3, 0.4) is 0 Å². The maximum absolute atomic E-state index is 10.6. The van der Waals surface area contributed by atoms with Crippen molar-refractivity contribution in [1.82, 2.24) is 0 Å². The normalized spacial score (nSPS) is 8.90. The van der Waals surface area contributed by atoms with Gasteiger partial charge >= 0.3 is 5.97 Å². The summed E-state index contributed by atoms with van der Waals surface area (Å²) in [6, 6.07) is 0. The Labute approximate surface area is 60.9 Å². The molecule has 3 heteroatoms. The lowest BCUT2D eigenvalue weighted by Crippen LogP contribution is -2.13. The molecule has 0 amide bonds. The lowest BCUT2D eigenvalue weighted by molar-refractivity contribution is -0.139. The molecule has 0 rings (SSSR count). The monoisotopic (exact) mass is 143 g/mol. The summed E-state index contributed by atoms with van der Waals surface area (Å²) in [6.07, 6.45) is 1.88. The van der Waals surface area contributed by atoms with E-state index in [1.165, 1.54) is 0 Å². The Morgan fingerprint density at radius 1 is 1.70 bits per heavy atom. The van der Waals surface area contributed by atoms with Crippen LogP contribution in [0.2, 0.25) is 0 Å². The van der Waals surface area contributed by atoms with Gasteiger partial charge in [0.2, 0.25) is 0 Å². The summed E-state index contributed by atoms with van der Waals surface area (Å²) in [5.74, 6) is -0.506. The van der Waals surface area contributed by atoms with Crippen molar-refractivity contribution >= 4 is 5.97 Å². The second-order valence-electron chi connectivity index (χ2n) is 2.01. The quantitative estimate of drug-likeness (QED) is 0.360. The van der Waals surface area contributed by atoms with Crippen LogP contribution in [0.15, 0.2) is 12.3 Å². The molecule has 0 spiro atoms. The van der Waals surface area contributed by atoms with Crippen LogP contribution in [0.25, 0.3) is 0 Å². The minimum atomic E-state index is -0.506. The molecule has 0 aromatic rings. The SMILES string of the molecule is C=C(N)C(=O)OCCCC. The van der Waals surface area contributed by atoms with Crippen molar-refractivity contribution in [1.29, 1.82) is 0 Å². The number of unbranched alkanes of at least 4 members (excludes halogenated alkanes) is 1. The highest BCUT2D eigenvalue weighted by Gasteiger charge is 2.01. The van der Waals surface area contributed by atoms with Crippen LogP contribution in [-0.2, 0) is 9.53 Å². The summed E-state index contributed by atoms with van der Waals surface area (Å²) >= 11 is 0. The Kier molecular flexibility index (Phi) is 4.37. The Bertz CT molecular complexity index is 132. The molecule has 0 aliphatic heterocycles. The number of ether oxygens (including phenoxy) is 1. The van der Waals surface area contributed by atoms with E-state index in [4.69, 9.17) is 5.73 Å². The van der Waals surface area contributed by atoms with Crippen LogP contribution in [-0.4, -0.2) is 12.6 Å². The summed E-state index contributed by atoms with van der Waals surface area (Å²) in [4.78, 5) is 10.6. The van der Waals surface area contributed by atoms with Crippen LogP contribution < -0.4 is 5.73 Å². The first-order valence-electron chi connectivity index (χ1n) is 3.30. The summed E-state index contributed by atoms with van der Waals surface area (Å²) in [7, 11) is 0. The van der Waals surface area contributed by atoms with Gasteiger partial charge in [-0.3, -0.25) is 0 Å². The van der Waals surface area contributed by atoms with E-state index in [2.05, 4.69) is 11.3 Å². The van der Waals surface area contributed by atoms with Gasteiger partial charge in [-0.2, -0.15) is 0 Å². The average molecular weight is 143 g/mol. The average Bonchev–Trinajstić information content (AvgIpc) is 1.88. The molecular formula is C7H13NO2. The molecule has 0 saturated carbocycles. The standard InChI is InChI=1S/C7H13NO2/c1-3-4-5-10-7(9)6(2)8/h2-5,8H2,1H3. The van der Waals surface area contributed by atoms with Crippen LogP contribution in [0, 0.1) is 0 Å².